The number of ether oxygens (including phenoxy) is 5. The van der Waals surface area contributed by atoms with Gasteiger partial charge >= 0.3 is 29.8 Å². The third kappa shape index (κ3) is 8.05. The highest BCUT2D eigenvalue weighted by Crippen LogP contribution is 2.52. The third-order valence-corrected chi connectivity index (χ3v) is 7.87. The Morgan fingerprint density at radius 1 is 0.822 bits per heavy atom. The highest BCUT2D eigenvalue weighted by Gasteiger charge is 2.70. The first kappa shape index (κ1) is 37.3. The van der Waals surface area contributed by atoms with Gasteiger partial charge in [0, 0.05) is 51.0 Å². The Balaban J connectivity index is 3.14. The van der Waals surface area contributed by atoms with E-state index in [-0.39, 0.29) is 5.57 Å². The SMILES string of the molecule is C=C1C(OC(C)=O)[C@@H](OC(=O)C(C)C)C(=O)C(C)(C)/C=C/[C@@H](C)C(=O)C2(OC(C)=O)C[C@@](C)(O)[C@H](OC(C)=O)[C@@H]2[C@@H]1OC(C)=O. The van der Waals surface area contributed by atoms with E-state index in [1.165, 1.54) is 53.7 Å². The average molecular weight is 637 g/mol. The first-order chi connectivity index (χ1) is 20.5. The number of carbonyl (C=O) groups is 7. The van der Waals surface area contributed by atoms with Crippen LogP contribution in [0.5, 0.6) is 0 Å². The van der Waals surface area contributed by atoms with E-state index in [1.54, 1.807) is 0 Å². The highest BCUT2D eigenvalue weighted by molar-refractivity contribution is 5.95. The van der Waals surface area contributed by atoms with Crippen molar-refractivity contribution < 1.29 is 62.4 Å². The van der Waals surface area contributed by atoms with Gasteiger partial charge < -0.3 is 28.8 Å². The molecule has 1 fully saturated rings. The van der Waals surface area contributed by atoms with Crippen LogP contribution in [0.25, 0.3) is 0 Å². The molecule has 0 heterocycles. The summed E-state index contributed by atoms with van der Waals surface area (Å²) in [6, 6.07) is 0. The Kier molecular flexibility index (Phi) is 11.3. The standard InChI is InChI=1S/C32H44O13/c1-15(2)29(39)44-25-24(42-19(6)34)17(4)23(41-18(5)33)22-28(43-20(7)35)31(11,40)14-32(22,45-21(8)36)26(37)16(3)12-13-30(9,10)27(25)38/h12-13,15-16,22-25,28,40H,4,14H2,1-3,5-11H3/b13-12+/t16-,22+,23-,24?,25-,28-,31-,32?/m1/s1. The van der Waals surface area contributed by atoms with Crippen LogP contribution in [0.2, 0.25) is 0 Å². The molecule has 1 N–H and O–H groups in total. The van der Waals surface area contributed by atoms with Crippen LogP contribution in [0.1, 0.15) is 75.7 Å². The van der Waals surface area contributed by atoms with Crippen LogP contribution in [0.15, 0.2) is 24.3 Å². The Labute approximate surface area is 262 Å². The van der Waals surface area contributed by atoms with E-state index in [0.29, 0.717) is 0 Å². The molecule has 0 aromatic heterocycles. The summed E-state index contributed by atoms with van der Waals surface area (Å²) >= 11 is 0. The molecule has 0 aliphatic heterocycles. The summed E-state index contributed by atoms with van der Waals surface area (Å²) in [6.07, 6.45) is -4.95. The third-order valence-electron chi connectivity index (χ3n) is 7.87. The fraction of sp³-hybridized carbons (Fsp3) is 0.656. The van der Waals surface area contributed by atoms with Gasteiger partial charge in [0.15, 0.2) is 23.3 Å². The Morgan fingerprint density at radius 2 is 1.33 bits per heavy atom. The molecule has 2 rings (SSSR count). The number of aliphatic hydroxyl groups is 1. The Bertz CT molecular complexity index is 1290. The minimum atomic E-state index is -2.31. The quantitative estimate of drug-likeness (QED) is 0.255. The molecule has 2 aliphatic carbocycles. The van der Waals surface area contributed by atoms with Crippen molar-refractivity contribution in [3.8, 4) is 0 Å². The molecule has 2 unspecified atom stereocenters. The number of fused-ring (bicyclic) bond motifs is 1. The van der Waals surface area contributed by atoms with Crippen LogP contribution >= 0.6 is 0 Å². The van der Waals surface area contributed by atoms with E-state index in [4.69, 9.17) is 23.7 Å². The number of hydrogen-bond donors (Lipinski definition) is 1. The van der Waals surface area contributed by atoms with E-state index >= 15 is 0 Å². The molecule has 0 radical (unpaired) electrons. The lowest BCUT2D eigenvalue weighted by Gasteiger charge is -2.42. The van der Waals surface area contributed by atoms with E-state index in [0.717, 1.165) is 27.7 Å². The van der Waals surface area contributed by atoms with E-state index < -0.39 is 107 Å². The lowest BCUT2D eigenvalue weighted by atomic mass is 9.72. The number of allylic oxidation sites excluding steroid dienone is 2. The van der Waals surface area contributed by atoms with Crippen molar-refractivity contribution in [3.05, 3.63) is 24.3 Å². The van der Waals surface area contributed by atoms with Gasteiger partial charge in [-0.05, 0) is 20.8 Å². The highest BCUT2D eigenvalue weighted by atomic mass is 16.6. The Hall–Kier alpha value is -3.87. The molecule has 1 saturated carbocycles. The number of esters is 5. The lowest BCUT2D eigenvalue weighted by molar-refractivity contribution is -0.188. The molecule has 0 aromatic rings. The molecular formula is C32H44O13. The van der Waals surface area contributed by atoms with Gasteiger partial charge in [-0.25, -0.2) is 0 Å². The summed E-state index contributed by atoms with van der Waals surface area (Å²) < 4.78 is 28.1. The Morgan fingerprint density at radius 3 is 1.80 bits per heavy atom. The maximum Gasteiger partial charge on any atom is 0.309 e. The minimum Gasteiger partial charge on any atom is -0.459 e. The van der Waals surface area contributed by atoms with Crippen molar-refractivity contribution in [2.75, 3.05) is 0 Å². The molecule has 2 aliphatic rings. The monoisotopic (exact) mass is 636 g/mol. The summed E-state index contributed by atoms with van der Waals surface area (Å²) in [7, 11) is 0. The van der Waals surface area contributed by atoms with Gasteiger partial charge in [0.05, 0.1) is 11.8 Å². The van der Waals surface area contributed by atoms with Gasteiger partial charge in [-0.2, -0.15) is 0 Å². The van der Waals surface area contributed by atoms with E-state index in [9.17, 15) is 38.7 Å². The van der Waals surface area contributed by atoms with Crippen molar-refractivity contribution in [3.63, 3.8) is 0 Å². The number of carbonyl (C=O) groups excluding carboxylic acids is 7. The zero-order valence-corrected chi connectivity index (χ0v) is 27.5. The normalized spacial score (nSPS) is 34.0. The molecule has 13 nitrogen and oxygen atoms in total. The van der Waals surface area contributed by atoms with Crippen LogP contribution in [-0.4, -0.2) is 82.1 Å². The minimum absolute atomic E-state index is 0.368. The first-order valence-electron chi connectivity index (χ1n) is 14.6. The lowest BCUT2D eigenvalue weighted by Crippen LogP contribution is -2.58. The van der Waals surface area contributed by atoms with Crippen molar-refractivity contribution in [2.24, 2.45) is 23.2 Å². The van der Waals surface area contributed by atoms with Crippen LogP contribution in [0.4, 0.5) is 0 Å². The number of Topliss-reactive ketones (excluding diaryl/α,β-unsaturated/α-hetero) is 2. The van der Waals surface area contributed by atoms with Gasteiger partial charge in [0.25, 0.3) is 0 Å². The second kappa shape index (κ2) is 13.6. The predicted octanol–water partition coefficient (Wildman–Crippen LogP) is 2.35. The summed E-state index contributed by atoms with van der Waals surface area (Å²) in [4.78, 5) is 91.5. The molecule has 0 spiro atoms. The fourth-order valence-corrected chi connectivity index (χ4v) is 5.88. The summed E-state index contributed by atoms with van der Waals surface area (Å²) in [5, 5.41) is 11.6. The number of ketones is 2. The zero-order chi connectivity index (χ0) is 34.8. The molecule has 13 heteroatoms. The summed E-state index contributed by atoms with van der Waals surface area (Å²) in [5.41, 5.74) is -6.17. The largest absolute Gasteiger partial charge is 0.459 e. The van der Waals surface area contributed by atoms with Gasteiger partial charge in [-0.3, -0.25) is 33.6 Å². The molecule has 0 bridgehead atoms. The van der Waals surface area contributed by atoms with Crippen molar-refractivity contribution in [2.45, 2.75) is 111 Å². The molecule has 0 saturated heterocycles. The van der Waals surface area contributed by atoms with E-state index in [1.807, 2.05) is 0 Å². The van der Waals surface area contributed by atoms with Crippen LogP contribution < -0.4 is 0 Å². The number of hydrogen-bond acceptors (Lipinski definition) is 13. The van der Waals surface area contributed by atoms with Gasteiger partial charge in [-0.15, -0.1) is 0 Å². The molecule has 8 atom stereocenters. The van der Waals surface area contributed by atoms with Crippen molar-refractivity contribution in [1.29, 1.82) is 0 Å². The predicted molar refractivity (Wildman–Crippen MR) is 156 cm³/mol. The van der Waals surface area contributed by atoms with E-state index in [2.05, 4.69) is 6.58 Å². The van der Waals surface area contributed by atoms with Crippen molar-refractivity contribution in [1.82, 2.24) is 0 Å². The van der Waals surface area contributed by atoms with Crippen LogP contribution in [0.3, 0.4) is 0 Å². The summed E-state index contributed by atoms with van der Waals surface area (Å²) in [6.45, 7) is 16.8. The first-order valence-corrected chi connectivity index (χ1v) is 14.6. The topological polar surface area (TPSA) is 186 Å². The molecule has 45 heavy (non-hydrogen) atoms. The molecule has 250 valence electrons. The maximum atomic E-state index is 14.4. The van der Waals surface area contributed by atoms with Gasteiger partial charge in [-0.1, -0.05) is 39.5 Å². The smallest absolute Gasteiger partial charge is 0.309 e. The zero-order valence-electron chi connectivity index (χ0n) is 27.5. The number of rotatable bonds is 6. The summed E-state index contributed by atoms with van der Waals surface area (Å²) in [5.74, 6) is -9.56. The van der Waals surface area contributed by atoms with Gasteiger partial charge in [0.1, 0.15) is 17.8 Å². The average Bonchev–Trinajstić information content (AvgIpc) is 3.10. The molecular weight excluding hydrogens is 592 g/mol. The fourth-order valence-electron chi connectivity index (χ4n) is 5.88. The van der Waals surface area contributed by atoms with Crippen LogP contribution in [0, 0.1) is 23.2 Å². The molecule has 0 aromatic carbocycles. The second-order valence-corrected chi connectivity index (χ2v) is 12.8. The van der Waals surface area contributed by atoms with Crippen LogP contribution in [-0.2, 0) is 57.2 Å². The van der Waals surface area contributed by atoms with Crippen molar-refractivity contribution >= 4 is 41.4 Å². The molecule has 0 amide bonds. The second-order valence-electron chi connectivity index (χ2n) is 12.8. The maximum absolute atomic E-state index is 14.4. The van der Waals surface area contributed by atoms with Gasteiger partial charge in [0.2, 0.25) is 6.10 Å².